The predicted octanol–water partition coefficient (Wildman–Crippen LogP) is 1.81. The lowest BCUT2D eigenvalue weighted by atomic mass is 10.2. The van der Waals surface area contributed by atoms with Gasteiger partial charge in [0, 0.05) is 5.30 Å². The zero-order chi connectivity index (χ0) is 11.5. The summed E-state index contributed by atoms with van der Waals surface area (Å²) in [6, 6.07) is 5.31. The van der Waals surface area contributed by atoms with Crippen LogP contribution >= 0.6 is 7.37 Å². The lowest BCUT2D eigenvalue weighted by Gasteiger charge is -2.12. The maximum atomic E-state index is 12.9. The molecule has 0 spiro atoms. The molecule has 1 aromatic rings. The minimum absolute atomic E-state index is 0.188. The first kappa shape index (κ1) is 11.9. The smallest absolute Gasteiger partial charge is 0.243 e. The van der Waals surface area contributed by atoms with E-state index in [1.165, 1.54) is 12.1 Å². The van der Waals surface area contributed by atoms with Gasteiger partial charge in [-0.15, -0.1) is 0 Å². The van der Waals surface area contributed by atoms with Crippen LogP contribution < -0.4 is 5.30 Å². The van der Waals surface area contributed by atoms with Gasteiger partial charge in [-0.1, -0.05) is 6.92 Å². The fraction of sp³-hybridized carbons (Fsp3) is 0.300. The molecule has 1 N–H and O–H groups in total. The Bertz CT molecular complexity index is 453. The monoisotopic (exact) mass is 227 g/mol. The van der Waals surface area contributed by atoms with E-state index in [9.17, 15) is 13.8 Å². The number of halogens is 1. The van der Waals surface area contributed by atoms with E-state index < -0.39 is 19.3 Å². The van der Waals surface area contributed by atoms with Crippen molar-refractivity contribution in [1.82, 2.24) is 0 Å². The van der Waals surface area contributed by atoms with Crippen molar-refractivity contribution in [2.24, 2.45) is 0 Å². The normalized spacial score (nSPS) is 14.3. The van der Waals surface area contributed by atoms with E-state index in [1.54, 1.807) is 13.0 Å². The second-order valence-corrected chi connectivity index (χ2v) is 5.35. The maximum absolute atomic E-state index is 12.9. The van der Waals surface area contributed by atoms with E-state index in [-0.39, 0.29) is 5.30 Å². The quantitative estimate of drug-likeness (QED) is 0.801. The van der Waals surface area contributed by atoms with Crippen molar-refractivity contribution in [3.8, 4) is 6.07 Å². The van der Waals surface area contributed by atoms with Crippen LogP contribution in [0.15, 0.2) is 18.2 Å². The molecular weight excluding hydrogens is 216 g/mol. The second-order valence-electron chi connectivity index (χ2n) is 3.14. The molecule has 0 aliphatic carbocycles. The Kier molecular flexibility index (Phi) is 3.62. The molecular formula is C10H11FNO2P. The van der Waals surface area contributed by atoms with Gasteiger partial charge in [0.2, 0.25) is 7.37 Å². The number of benzene rings is 1. The van der Waals surface area contributed by atoms with Crippen LogP contribution in [0.3, 0.4) is 0 Å². The number of rotatable bonds is 3. The van der Waals surface area contributed by atoms with Crippen LogP contribution in [0.5, 0.6) is 0 Å². The fourth-order valence-corrected chi connectivity index (χ4v) is 2.70. The van der Waals surface area contributed by atoms with Gasteiger partial charge in [0.25, 0.3) is 0 Å². The van der Waals surface area contributed by atoms with Crippen molar-refractivity contribution >= 4 is 12.7 Å². The first-order valence-electron chi connectivity index (χ1n) is 4.49. The van der Waals surface area contributed by atoms with Gasteiger partial charge in [0.05, 0.1) is 6.07 Å². The largest absolute Gasteiger partial charge is 0.340 e. The molecule has 1 atom stereocenters. The molecule has 0 heterocycles. The first-order chi connectivity index (χ1) is 7.01. The highest BCUT2D eigenvalue weighted by atomic mass is 31.2. The molecule has 80 valence electrons. The van der Waals surface area contributed by atoms with Crippen molar-refractivity contribution in [2.45, 2.75) is 13.3 Å². The number of hydrogen-bond acceptors (Lipinski definition) is 2. The van der Waals surface area contributed by atoms with Crippen LogP contribution in [0, 0.1) is 17.1 Å². The fourth-order valence-electron chi connectivity index (χ4n) is 1.36. The topological polar surface area (TPSA) is 61.1 Å². The summed E-state index contributed by atoms with van der Waals surface area (Å²) in [6.07, 6.45) is 0.0225. The van der Waals surface area contributed by atoms with Gasteiger partial charge >= 0.3 is 0 Å². The molecule has 0 radical (unpaired) electrons. The maximum Gasteiger partial charge on any atom is 0.243 e. The van der Waals surface area contributed by atoms with Gasteiger partial charge < -0.3 is 4.89 Å². The van der Waals surface area contributed by atoms with Gasteiger partial charge in [0.1, 0.15) is 12.0 Å². The highest BCUT2D eigenvalue weighted by Crippen LogP contribution is 2.39. The van der Waals surface area contributed by atoms with Crippen LogP contribution in [0.4, 0.5) is 4.39 Å². The Balaban J connectivity index is 3.26. The molecule has 0 fully saturated rings. The van der Waals surface area contributed by atoms with Gasteiger partial charge in [-0.05, 0) is 30.2 Å². The zero-order valence-corrected chi connectivity index (χ0v) is 9.17. The number of nitriles is 1. The van der Waals surface area contributed by atoms with Crippen molar-refractivity contribution in [3.05, 3.63) is 29.6 Å². The summed E-state index contributed by atoms with van der Waals surface area (Å²) in [5.74, 6) is -0.437. The molecule has 15 heavy (non-hydrogen) atoms. The summed E-state index contributed by atoms with van der Waals surface area (Å²) in [5.41, 5.74) is 0.482. The Labute approximate surface area is 87.6 Å². The van der Waals surface area contributed by atoms with Crippen molar-refractivity contribution in [1.29, 1.82) is 5.26 Å². The summed E-state index contributed by atoms with van der Waals surface area (Å²) < 4.78 is 24.6. The molecule has 5 heteroatoms. The summed E-state index contributed by atoms with van der Waals surface area (Å²) in [6.45, 7) is 1.77. The molecule has 0 saturated heterocycles. The highest BCUT2D eigenvalue weighted by Gasteiger charge is 2.23. The molecule has 0 aliphatic heterocycles. The number of hydrogen-bond donors (Lipinski definition) is 1. The summed E-state index contributed by atoms with van der Waals surface area (Å²) >= 11 is 0. The Hall–Kier alpha value is -1.17. The number of nitrogens with zero attached hydrogens (tertiary/aromatic N) is 1. The summed E-state index contributed by atoms with van der Waals surface area (Å²) in [7, 11) is -3.65. The van der Waals surface area contributed by atoms with Gasteiger partial charge in [-0.25, -0.2) is 4.39 Å². The minimum Gasteiger partial charge on any atom is -0.340 e. The van der Waals surface area contributed by atoms with Crippen LogP contribution in [0.1, 0.15) is 12.5 Å². The van der Waals surface area contributed by atoms with E-state index in [0.717, 1.165) is 6.07 Å². The summed E-state index contributed by atoms with van der Waals surface area (Å²) in [4.78, 5) is 9.60. The van der Waals surface area contributed by atoms with E-state index in [2.05, 4.69) is 0 Å². The minimum atomic E-state index is -3.65. The first-order valence-corrected chi connectivity index (χ1v) is 6.33. The second kappa shape index (κ2) is 4.57. The zero-order valence-electron chi connectivity index (χ0n) is 8.27. The number of aryl methyl sites for hydroxylation is 1. The average Bonchev–Trinajstić information content (AvgIpc) is 2.17. The molecule has 1 rings (SSSR count). The summed E-state index contributed by atoms with van der Waals surface area (Å²) in [5, 5.41) is 8.61. The van der Waals surface area contributed by atoms with Gasteiger partial charge in [-0.2, -0.15) is 5.26 Å². The van der Waals surface area contributed by atoms with Crippen LogP contribution in [-0.2, 0) is 11.0 Å². The SMILES string of the molecule is CCc1cc(F)ccc1P(=O)(O)CC#N. The molecule has 0 aromatic heterocycles. The van der Waals surface area contributed by atoms with Gasteiger partial charge in [-0.3, -0.25) is 4.57 Å². The van der Waals surface area contributed by atoms with Crippen LogP contribution in [0.2, 0.25) is 0 Å². The van der Waals surface area contributed by atoms with Crippen molar-refractivity contribution < 1.29 is 13.8 Å². The third-order valence-corrected chi connectivity index (χ3v) is 3.84. The Morgan fingerprint density at radius 3 is 2.80 bits per heavy atom. The predicted molar refractivity (Wildman–Crippen MR) is 55.7 cm³/mol. The third kappa shape index (κ3) is 2.65. The van der Waals surface area contributed by atoms with E-state index in [4.69, 9.17) is 5.26 Å². The van der Waals surface area contributed by atoms with Crippen molar-refractivity contribution in [2.75, 3.05) is 6.16 Å². The van der Waals surface area contributed by atoms with Crippen LogP contribution in [0.25, 0.3) is 0 Å². The third-order valence-electron chi connectivity index (χ3n) is 2.08. The molecule has 0 aliphatic rings. The Morgan fingerprint density at radius 1 is 1.60 bits per heavy atom. The molecule has 0 amide bonds. The lowest BCUT2D eigenvalue weighted by molar-refractivity contribution is 0.493. The molecule has 3 nitrogen and oxygen atoms in total. The average molecular weight is 227 g/mol. The molecule has 0 saturated carbocycles. The highest BCUT2D eigenvalue weighted by molar-refractivity contribution is 7.66. The van der Waals surface area contributed by atoms with E-state index >= 15 is 0 Å². The molecule has 1 aromatic carbocycles. The van der Waals surface area contributed by atoms with E-state index in [0.29, 0.717) is 12.0 Å². The lowest BCUT2D eigenvalue weighted by Crippen LogP contribution is -2.12. The van der Waals surface area contributed by atoms with Gasteiger partial charge in [0.15, 0.2) is 0 Å². The van der Waals surface area contributed by atoms with Crippen LogP contribution in [-0.4, -0.2) is 11.1 Å². The Morgan fingerprint density at radius 2 is 2.27 bits per heavy atom. The molecule has 0 bridgehead atoms. The molecule has 1 unspecified atom stereocenters. The standard InChI is InChI=1S/C10H11FNO2P/c1-2-8-7-9(11)3-4-10(8)15(13,14)6-5-12/h3-4,7H,2,6H2,1H3,(H,13,14). The van der Waals surface area contributed by atoms with E-state index in [1.807, 2.05) is 0 Å². The van der Waals surface area contributed by atoms with Crippen molar-refractivity contribution in [3.63, 3.8) is 0 Å².